The van der Waals surface area contributed by atoms with Crippen LogP contribution in [0, 0.1) is 0 Å². The minimum absolute atomic E-state index is 0.766. The molecule has 0 aromatic heterocycles. The molecule has 0 radical (unpaired) electrons. The van der Waals surface area contributed by atoms with Gasteiger partial charge >= 0.3 is 11.9 Å². The van der Waals surface area contributed by atoms with E-state index in [0.717, 1.165) is 13.8 Å². The summed E-state index contributed by atoms with van der Waals surface area (Å²) in [4.78, 5) is 48.3. The van der Waals surface area contributed by atoms with Crippen molar-refractivity contribution in [2.75, 3.05) is 19.8 Å². The highest BCUT2D eigenvalue weighted by atomic mass is 16.8. The minimum atomic E-state index is -3.10. The lowest BCUT2D eigenvalue weighted by Crippen LogP contribution is -2.71. The van der Waals surface area contributed by atoms with Gasteiger partial charge in [-0.2, -0.15) is 0 Å². The topological polar surface area (TPSA) is 396 Å². The van der Waals surface area contributed by atoms with E-state index < -0.39 is 160 Å². The Morgan fingerprint density at radius 3 is 1.87 bits per heavy atom. The molecule has 53 heavy (non-hydrogen) atoms. The molecule has 3 fully saturated rings. The normalized spacial score (nSPS) is 40.0. The number of ether oxygens (including phenoxy) is 6. The van der Waals surface area contributed by atoms with E-state index in [0.29, 0.717) is 0 Å². The number of hydrogen-bond donors (Lipinski definition) is 14. The van der Waals surface area contributed by atoms with E-state index in [2.05, 4.69) is 10.6 Å². The van der Waals surface area contributed by atoms with E-state index in [4.69, 9.17) is 34.2 Å². The number of rotatable bonds is 16. The van der Waals surface area contributed by atoms with Gasteiger partial charge in [0, 0.05) is 20.3 Å². The third-order valence-corrected chi connectivity index (χ3v) is 8.99. The molecule has 3 aliphatic heterocycles. The van der Waals surface area contributed by atoms with Crippen LogP contribution >= 0.6 is 0 Å². The number of carboxylic acids is 2. The van der Waals surface area contributed by atoms with Crippen molar-refractivity contribution in [3.63, 3.8) is 0 Å². The quantitative estimate of drug-likeness (QED) is 0.0692. The summed E-state index contributed by atoms with van der Waals surface area (Å²) in [6.07, 6.45) is -27.7. The number of hydrogen-bond acceptors (Lipinski definition) is 20. The Morgan fingerprint density at radius 1 is 0.849 bits per heavy atom. The van der Waals surface area contributed by atoms with Crippen molar-refractivity contribution in [3.8, 4) is 0 Å². The molecule has 2 unspecified atom stereocenters. The van der Waals surface area contributed by atoms with Gasteiger partial charge in [0.05, 0.1) is 38.1 Å². The number of amides is 2. The van der Waals surface area contributed by atoms with Crippen molar-refractivity contribution >= 4 is 23.8 Å². The summed E-state index contributed by atoms with van der Waals surface area (Å²) in [5.41, 5.74) is 5.64. The Hall–Kier alpha value is -2.76. The summed E-state index contributed by atoms with van der Waals surface area (Å²) < 4.78 is 33.8. The average Bonchev–Trinajstić information content (AvgIpc) is 3.09. The summed E-state index contributed by atoms with van der Waals surface area (Å²) in [6.45, 7) is 0.303. The zero-order chi connectivity index (χ0) is 40.1. The van der Waals surface area contributed by atoms with Crippen LogP contribution < -0.4 is 16.4 Å². The zero-order valence-corrected chi connectivity index (χ0v) is 28.7. The SMILES string of the molecule is CC(=O)N[C@H]1[C@H]([C@H](O)[C@H](O)CO)O[C@@](O[C@H]2[C@@H](O)[C@@H](CO)OC(O[C@H]3[C@@H](O)[C@@H](CO)OC(O[C@H](C)[C@H](N)C(=O)O)[C@@H]3NC(C)=O)[C@@H]2O)(C(=O)O)C[C@@H]1O. The van der Waals surface area contributed by atoms with Crippen LogP contribution in [0.4, 0.5) is 0 Å². The van der Waals surface area contributed by atoms with Gasteiger partial charge in [-0.25, -0.2) is 4.79 Å². The molecule has 0 aromatic rings. The van der Waals surface area contributed by atoms with Crippen molar-refractivity contribution in [1.82, 2.24) is 10.6 Å². The number of carbonyl (C=O) groups excluding carboxylic acids is 2. The fourth-order valence-electron chi connectivity index (χ4n) is 6.16. The van der Waals surface area contributed by atoms with Crippen LogP contribution in [0.5, 0.6) is 0 Å². The molecule has 15 N–H and O–H groups in total. The van der Waals surface area contributed by atoms with Gasteiger partial charge in [0.1, 0.15) is 73.1 Å². The van der Waals surface area contributed by atoms with Crippen molar-refractivity contribution in [1.29, 1.82) is 0 Å². The number of carboxylic acid groups (broad SMARTS) is 2. The van der Waals surface area contributed by atoms with Crippen molar-refractivity contribution < 1.29 is 104 Å². The number of nitrogens with two attached hydrogens (primary N) is 1. The van der Waals surface area contributed by atoms with E-state index in [-0.39, 0.29) is 0 Å². The first-order valence-electron chi connectivity index (χ1n) is 16.4. The maximum absolute atomic E-state index is 12.8. The highest BCUT2D eigenvalue weighted by Gasteiger charge is 2.60. The fraction of sp³-hybridized carbons (Fsp3) is 0.862. The van der Waals surface area contributed by atoms with Gasteiger partial charge in [0.2, 0.25) is 11.8 Å². The fourth-order valence-corrected chi connectivity index (χ4v) is 6.16. The standard InChI is InChI=1S/C29H49N3O21/c1-8(15(30)25(44)45)48-26-17(32-10(3)37)22(19(41)13(6-34)49-26)51-27-21(43)24(20(42)14(7-35)50-27)53-29(28(46)47)4-11(38)16(31-9(2)36)23(52-29)18(40)12(39)5-33/h8,11-24,26-27,33-35,38-43H,4-7,30H2,1-3H3,(H,31,36)(H,32,37)(H,44,45)(H,46,47)/t8-,11+,12-,13-,14-,15+,16-,17-,18-,19+,20+,21-,22-,23-,24+,26?,27?,29+/m1/s1. The zero-order valence-electron chi connectivity index (χ0n) is 28.7. The molecule has 3 rings (SSSR count). The second-order valence-corrected chi connectivity index (χ2v) is 12.9. The van der Waals surface area contributed by atoms with Crippen LogP contribution in [-0.2, 0) is 47.6 Å². The molecule has 0 bridgehead atoms. The Bertz CT molecular complexity index is 1270. The Balaban J connectivity index is 2.01. The number of aliphatic hydroxyl groups is 9. The molecule has 0 aromatic carbocycles. The lowest BCUT2D eigenvalue weighted by molar-refractivity contribution is -0.382. The second kappa shape index (κ2) is 18.7. The Morgan fingerprint density at radius 2 is 1.38 bits per heavy atom. The smallest absolute Gasteiger partial charge is 0.364 e. The molecule has 24 nitrogen and oxygen atoms in total. The van der Waals surface area contributed by atoms with Crippen LogP contribution in [0.1, 0.15) is 27.2 Å². The van der Waals surface area contributed by atoms with Crippen LogP contribution in [0.15, 0.2) is 0 Å². The third-order valence-electron chi connectivity index (χ3n) is 8.99. The summed E-state index contributed by atoms with van der Waals surface area (Å²) in [6, 6.07) is -4.78. The van der Waals surface area contributed by atoms with Gasteiger partial charge in [0.15, 0.2) is 12.6 Å². The van der Waals surface area contributed by atoms with E-state index >= 15 is 0 Å². The maximum atomic E-state index is 12.8. The van der Waals surface area contributed by atoms with Gasteiger partial charge in [-0.1, -0.05) is 0 Å². The second-order valence-electron chi connectivity index (χ2n) is 12.9. The molecule has 3 aliphatic rings. The first kappa shape index (κ1) is 44.6. The van der Waals surface area contributed by atoms with Crippen molar-refractivity contribution in [2.24, 2.45) is 5.73 Å². The minimum Gasteiger partial charge on any atom is -0.480 e. The molecule has 18 atom stereocenters. The predicted octanol–water partition coefficient (Wildman–Crippen LogP) is -8.25. The summed E-state index contributed by atoms with van der Waals surface area (Å²) in [5.74, 6) is -8.12. The Labute approximate surface area is 300 Å². The van der Waals surface area contributed by atoms with Gasteiger partial charge in [-0.05, 0) is 6.92 Å². The van der Waals surface area contributed by atoms with Gasteiger partial charge in [-0.15, -0.1) is 0 Å². The maximum Gasteiger partial charge on any atom is 0.364 e. The first-order chi connectivity index (χ1) is 24.7. The van der Waals surface area contributed by atoms with Crippen LogP contribution in [0.2, 0.25) is 0 Å². The average molecular weight is 776 g/mol. The first-order valence-corrected chi connectivity index (χ1v) is 16.4. The molecule has 2 amide bonds. The van der Waals surface area contributed by atoms with Crippen LogP contribution in [0.3, 0.4) is 0 Å². The number of nitrogens with one attached hydrogen (secondary N) is 2. The van der Waals surface area contributed by atoms with E-state index in [1.807, 2.05) is 0 Å². The molecule has 306 valence electrons. The van der Waals surface area contributed by atoms with E-state index in [1.165, 1.54) is 6.92 Å². The summed E-state index contributed by atoms with van der Waals surface area (Å²) in [7, 11) is 0. The van der Waals surface area contributed by atoms with Crippen LogP contribution in [0.25, 0.3) is 0 Å². The lowest BCUT2D eigenvalue weighted by Gasteiger charge is -2.51. The molecule has 24 heteroatoms. The highest BCUT2D eigenvalue weighted by molar-refractivity contribution is 5.77. The third kappa shape index (κ3) is 10.1. The monoisotopic (exact) mass is 775 g/mol. The van der Waals surface area contributed by atoms with Crippen molar-refractivity contribution in [3.05, 3.63) is 0 Å². The predicted molar refractivity (Wildman–Crippen MR) is 166 cm³/mol. The van der Waals surface area contributed by atoms with E-state index in [9.17, 15) is 75.3 Å². The molecule has 3 heterocycles. The molecule has 0 spiro atoms. The largest absolute Gasteiger partial charge is 0.480 e. The van der Waals surface area contributed by atoms with Gasteiger partial charge in [0.25, 0.3) is 5.79 Å². The molecule has 0 aliphatic carbocycles. The highest BCUT2D eigenvalue weighted by Crippen LogP contribution is 2.38. The Kier molecular flexibility index (Phi) is 15.8. The van der Waals surface area contributed by atoms with E-state index in [1.54, 1.807) is 0 Å². The summed E-state index contributed by atoms with van der Waals surface area (Å²) in [5, 5.41) is 119. The summed E-state index contributed by atoms with van der Waals surface area (Å²) >= 11 is 0. The molecule has 3 saturated heterocycles. The molecule has 0 saturated carbocycles. The number of carbonyl (C=O) groups is 4. The molecular formula is C29H49N3O21. The van der Waals surface area contributed by atoms with Gasteiger partial charge < -0.3 is 101 Å². The number of aliphatic hydroxyl groups excluding tert-OH is 9. The molecular weight excluding hydrogens is 726 g/mol. The lowest BCUT2D eigenvalue weighted by atomic mass is 9.88. The van der Waals surface area contributed by atoms with Crippen LogP contribution in [-0.4, -0.2) is 209 Å². The van der Waals surface area contributed by atoms with Gasteiger partial charge in [-0.3, -0.25) is 14.4 Å². The van der Waals surface area contributed by atoms with Crippen molar-refractivity contribution in [2.45, 2.75) is 137 Å². The number of aliphatic carboxylic acids is 2.